The number of amides is 2. The molecule has 0 heterocycles. The molecule has 1 aromatic rings. The molecule has 0 aromatic heterocycles. The minimum atomic E-state index is -0.445. The second-order valence-electron chi connectivity index (χ2n) is 3.22. The second kappa shape index (κ2) is 5.75. The van der Waals surface area contributed by atoms with Crippen LogP contribution in [0, 0.1) is 0 Å². The Kier molecular flexibility index (Phi) is 4.60. The topological polar surface area (TPSA) is 84.2 Å². The van der Waals surface area contributed by atoms with E-state index in [1.54, 1.807) is 0 Å². The monoisotopic (exact) mass is 275 g/mol. The first-order valence-corrected chi connectivity index (χ1v) is 5.44. The molecule has 1 rings (SSSR count). The van der Waals surface area contributed by atoms with Crippen LogP contribution in [0.3, 0.4) is 0 Å². The molecule has 0 saturated heterocycles. The van der Waals surface area contributed by atoms with Crippen molar-refractivity contribution < 1.29 is 9.59 Å². The third kappa shape index (κ3) is 3.51. The number of hydrogen-bond acceptors (Lipinski definition) is 3. The fourth-order valence-corrected chi connectivity index (χ4v) is 1.43. The number of nitrogens with two attached hydrogens (primary N) is 1. The van der Waals surface area contributed by atoms with Crippen LogP contribution in [0.2, 0.25) is 10.0 Å². The smallest absolute Gasteiger partial charge is 0.251 e. The van der Waals surface area contributed by atoms with Gasteiger partial charge in [0.2, 0.25) is 5.91 Å². The molecule has 4 N–H and O–H groups in total. The SMILES string of the molecule is CNC(=O)CNC(=O)c1cc(N)c(Cl)c(Cl)c1. The molecule has 0 aliphatic heterocycles. The fraction of sp³-hybridized carbons (Fsp3) is 0.200. The summed E-state index contributed by atoms with van der Waals surface area (Å²) in [6.45, 7) is -0.116. The van der Waals surface area contributed by atoms with Gasteiger partial charge < -0.3 is 16.4 Å². The molecule has 0 bridgehead atoms. The number of halogens is 2. The van der Waals surface area contributed by atoms with Crippen molar-refractivity contribution in [2.45, 2.75) is 0 Å². The van der Waals surface area contributed by atoms with Crippen LogP contribution in [0.1, 0.15) is 10.4 Å². The largest absolute Gasteiger partial charge is 0.397 e. The minimum Gasteiger partial charge on any atom is -0.397 e. The van der Waals surface area contributed by atoms with Gasteiger partial charge in [-0.1, -0.05) is 23.2 Å². The number of rotatable bonds is 3. The first-order chi connectivity index (χ1) is 7.95. The van der Waals surface area contributed by atoms with Gasteiger partial charge >= 0.3 is 0 Å². The van der Waals surface area contributed by atoms with E-state index in [4.69, 9.17) is 28.9 Å². The van der Waals surface area contributed by atoms with E-state index in [-0.39, 0.29) is 33.7 Å². The number of nitrogen functional groups attached to an aromatic ring is 1. The van der Waals surface area contributed by atoms with Gasteiger partial charge in [-0.2, -0.15) is 0 Å². The Bertz CT molecular complexity index is 440. The predicted molar refractivity (Wildman–Crippen MR) is 67.3 cm³/mol. The van der Waals surface area contributed by atoms with Gasteiger partial charge in [0.1, 0.15) is 0 Å². The zero-order chi connectivity index (χ0) is 13.0. The lowest BCUT2D eigenvalue weighted by Gasteiger charge is -2.07. The van der Waals surface area contributed by atoms with Crippen molar-refractivity contribution in [2.24, 2.45) is 0 Å². The van der Waals surface area contributed by atoms with Crippen LogP contribution in [0.4, 0.5) is 5.69 Å². The van der Waals surface area contributed by atoms with Gasteiger partial charge in [-0.05, 0) is 12.1 Å². The van der Waals surface area contributed by atoms with Gasteiger partial charge in [-0.3, -0.25) is 9.59 Å². The predicted octanol–water partition coefficient (Wildman–Crippen LogP) is 1.05. The molecule has 17 heavy (non-hydrogen) atoms. The van der Waals surface area contributed by atoms with Crippen LogP contribution in [-0.4, -0.2) is 25.4 Å². The van der Waals surface area contributed by atoms with E-state index >= 15 is 0 Å². The van der Waals surface area contributed by atoms with Crippen LogP contribution in [0.25, 0.3) is 0 Å². The van der Waals surface area contributed by atoms with E-state index in [2.05, 4.69) is 10.6 Å². The molecular formula is C10H11Cl2N3O2. The van der Waals surface area contributed by atoms with E-state index in [9.17, 15) is 9.59 Å². The standard InChI is InChI=1S/C10H11Cl2N3O2/c1-14-8(16)4-15-10(17)5-2-6(11)9(12)7(13)3-5/h2-3H,4,13H2,1H3,(H,14,16)(H,15,17). The second-order valence-corrected chi connectivity index (χ2v) is 4.00. The van der Waals surface area contributed by atoms with E-state index in [0.29, 0.717) is 0 Å². The lowest BCUT2D eigenvalue weighted by atomic mass is 10.2. The molecule has 7 heteroatoms. The summed E-state index contributed by atoms with van der Waals surface area (Å²) in [5.41, 5.74) is 6.03. The Morgan fingerprint density at radius 2 is 2.00 bits per heavy atom. The number of benzene rings is 1. The maximum Gasteiger partial charge on any atom is 0.251 e. The minimum absolute atomic E-state index is 0.116. The molecule has 0 radical (unpaired) electrons. The normalized spacial score (nSPS) is 9.82. The average molecular weight is 276 g/mol. The average Bonchev–Trinajstić information content (AvgIpc) is 2.31. The highest BCUT2D eigenvalue weighted by Gasteiger charge is 2.11. The maximum absolute atomic E-state index is 11.6. The van der Waals surface area contributed by atoms with E-state index in [0.717, 1.165) is 0 Å². The summed E-state index contributed by atoms with van der Waals surface area (Å²) in [4.78, 5) is 22.6. The van der Waals surface area contributed by atoms with Crippen molar-refractivity contribution in [3.05, 3.63) is 27.7 Å². The summed E-state index contributed by atoms with van der Waals surface area (Å²) in [5.74, 6) is -0.745. The molecule has 92 valence electrons. The van der Waals surface area contributed by atoms with Crippen LogP contribution in [-0.2, 0) is 4.79 Å². The van der Waals surface area contributed by atoms with E-state index in [1.165, 1.54) is 19.2 Å². The highest BCUT2D eigenvalue weighted by atomic mass is 35.5. The van der Waals surface area contributed by atoms with Crippen LogP contribution >= 0.6 is 23.2 Å². The summed E-state index contributed by atoms with van der Waals surface area (Å²) in [5, 5.41) is 5.19. The molecule has 0 fully saturated rings. The first-order valence-electron chi connectivity index (χ1n) is 4.69. The zero-order valence-electron chi connectivity index (χ0n) is 9.01. The van der Waals surface area contributed by atoms with Gasteiger partial charge in [0.25, 0.3) is 5.91 Å². The molecule has 0 aliphatic carbocycles. The van der Waals surface area contributed by atoms with Gasteiger partial charge in [0.05, 0.1) is 22.3 Å². The van der Waals surface area contributed by atoms with Crippen LogP contribution in [0.15, 0.2) is 12.1 Å². The van der Waals surface area contributed by atoms with Crippen molar-refractivity contribution in [1.82, 2.24) is 10.6 Å². The van der Waals surface area contributed by atoms with E-state index in [1.807, 2.05) is 0 Å². The van der Waals surface area contributed by atoms with Crippen LogP contribution in [0.5, 0.6) is 0 Å². The zero-order valence-corrected chi connectivity index (χ0v) is 10.5. The molecule has 1 aromatic carbocycles. The maximum atomic E-state index is 11.6. The summed E-state index contributed by atoms with van der Waals surface area (Å²) < 4.78 is 0. The van der Waals surface area contributed by atoms with Crippen molar-refractivity contribution >= 4 is 40.7 Å². The Morgan fingerprint density at radius 3 is 2.53 bits per heavy atom. The molecule has 0 aliphatic rings. The number of nitrogens with one attached hydrogen (secondary N) is 2. The molecule has 0 saturated carbocycles. The fourth-order valence-electron chi connectivity index (χ4n) is 1.09. The van der Waals surface area contributed by atoms with Gasteiger partial charge in [-0.15, -0.1) is 0 Å². The number of hydrogen-bond donors (Lipinski definition) is 3. The molecule has 5 nitrogen and oxygen atoms in total. The van der Waals surface area contributed by atoms with Crippen molar-refractivity contribution in [3.8, 4) is 0 Å². The highest BCUT2D eigenvalue weighted by molar-refractivity contribution is 6.43. The molecular weight excluding hydrogens is 265 g/mol. The number of anilines is 1. The Morgan fingerprint density at radius 1 is 1.35 bits per heavy atom. The van der Waals surface area contributed by atoms with Gasteiger partial charge in [0.15, 0.2) is 0 Å². The summed E-state index contributed by atoms with van der Waals surface area (Å²) in [7, 11) is 1.48. The number of carbonyl (C=O) groups is 2. The summed E-state index contributed by atoms with van der Waals surface area (Å²) in [6.07, 6.45) is 0. The lowest BCUT2D eigenvalue weighted by Crippen LogP contribution is -2.35. The molecule has 0 atom stereocenters. The highest BCUT2D eigenvalue weighted by Crippen LogP contribution is 2.29. The van der Waals surface area contributed by atoms with E-state index < -0.39 is 5.91 Å². The third-order valence-electron chi connectivity index (χ3n) is 2.01. The Labute approximate surface area is 108 Å². The summed E-state index contributed by atoms with van der Waals surface area (Å²) in [6, 6.07) is 2.78. The van der Waals surface area contributed by atoms with Crippen molar-refractivity contribution in [2.75, 3.05) is 19.3 Å². The number of likely N-dealkylation sites (N-methyl/N-ethyl adjacent to an activating group) is 1. The molecule has 0 unspecified atom stereocenters. The van der Waals surface area contributed by atoms with Crippen molar-refractivity contribution in [1.29, 1.82) is 0 Å². The quantitative estimate of drug-likeness (QED) is 0.721. The lowest BCUT2D eigenvalue weighted by molar-refractivity contribution is -0.119. The first kappa shape index (κ1) is 13.6. The molecule has 2 amide bonds. The van der Waals surface area contributed by atoms with Gasteiger partial charge in [-0.25, -0.2) is 0 Å². The Balaban J connectivity index is 2.80. The van der Waals surface area contributed by atoms with Crippen molar-refractivity contribution in [3.63, 3.8) is 0 Å². The number of carbonyl (C=O) groups excluding carboxylic acids is 2. The van der Waals surface area contributed by atoms with Crippen LogP contribution < -0.4 is 16.4 Å². The summed E-state index contributed by atoms with van der Waals surface area (Å²) >= 11 is 11.5. The Hall–Kier alpha value is -1.46. The molecule has 0 spiro atoms. The van der Waals surface area contributed by atoms with Gasteiger partial charge in [0, 0.05) is 12.6 Å². The third-order valence-corrected chi connectivity index (χ3v) is 2.82.